The van der Waals surface area contributed by atoms with Crippen molar-refractivity contribution in [3.05, 3.63) is 11.6 Å². The van der Waals surface area contributed by atoms with Crippen LogP contribution < -0.4 is 5.32 Å². The van der Waals surface area contributed by atoms with E-state index >= 15 is 0 Å². The molecule has 3 saturated carbocycles. The smallest absolute Gasteiger partial charge is 0.326 e. The number of amides is 1. The first-order chi connectivity index (χ1) is 16.5. The largest absolute Gasteiger partial charge is 0.481 e. The molecule has 0 unspecified atom stereocenters. The Hall–Kier alpha value is -2.42. The molecule has 0 aromatic rings. The quantitative estimate of drug-likeness (QED) is 0.382. The number of oxime groups is 1. The van der Waals surface area contributed by atoms with Gasteiger partial charge in [0.2, 0.25) is 0 Å². The van der Waals surface area contributed by atoms with E-state index < -0.39 is 30.5 Å². The molecule has 9 nitrogen and oxygen atoms in total. The number of fused-ring (bicyclic) bond motifs is 5. The number of carbonyl (C=O) groups excluding carboxylic acids is 1. The number of nitrogens with zero attached hydrogens (tertiary/aromatic N) is 1. The molecular weight excluding hydrogens is 452 g/mol. The van der Waals surface area contributed by atoms with Crippen molar-refractivity contribution in [3.63, 3.8) is 0 Å². The molecule has 4 N–H and O–H groups in total. The molecule has 4 aliphatic carbocycles. The summed E-state index contributed by atoms with van der Waals surface area (Å²) in [5.41, 5.74) is 2.40. The average Bonchev–Trinajstić information content (AvgIpc) is 3.11. The number of allylic oxidation sites excluding steroid dienone is 2. The van der Waals surface area contributed by atoms with Gasteiger partial charge < -0.3 is 25.5 Å². The fourth-order valence-corrected chi connectivity index (χ4v) is 7.55. The van der Waals surface area contributed by atoms with Gasteiger partial charge in [0, 0.05) is 6.42 Å². The fraction of sp³-hybridized carbons (Fsp3) is 0.769. The lowest BCUT2D eigenvalue weighted by molar-refractivity contribution is -0.143. The van der Waals surface area contributed by atoms with E-state index in [0.29, 0.717) is 17.8 Å². The number of aliphatic hydroxyl groups is 1. The normalized spacial score (nSPS) is 37.9. The Labute approximate surface area is 206 Å². The third kappa shape index (κ3) is 4.97. The molecular formula is C26H38N2O7. The van der Waals surface area contributed by atoms with Crippen LogP contribution in [0.15, 0.2) is 16.8 Å². The van der Waals surface area contributed by atoms with E-state index in [1.807, 2.05) is 0 Å². The molecule has 4 rings (SSSR count). The highest BCUT2D eigenvalue weighted by molar-refractivity contribution is 5.96. The van der Waals surface area contributed by atoms with E-state index in [1.54, 1.807) is 0 Å². The van der Waals surface area contributed by atoms with E-state index in [-0.39, 0.29) is 29.8 Å². The minimum Gasteiger partial charge on any atom is -0.481 e. The summed E-state index contributed by atoms with van der Waals surface area (Å²) < 4.78 is 0. The first kappa shape index (κ1) is 25.7. The van der Waals surface area contributed by atoms with Gasteiger partial charge in [0.1, 0.15) is 6.04 Å². The molecule has 4 aliphatic rings. The van der Waals surface area contributed by atoms with Crippen LogP contribution in [0.1, 0.15) is 78.1 Å². The number of carbonyl (C=O) groups is 3. The predicted molar refractivity (Wildman–Crippen MR) is 128 cm³/mol. The van der Waals surface area contributed by atoms with Crippen LogP contribution in [0.3, 0.4) is 0 Å². The average molecular weight is 491 g/mol. The number of nitrogens with one attached hydrogen (secondary N) is 1. The molecule has 9 heteroatoms. The molecule has 0 heterocycles. The summed E-state index contributed by atoms with van der Waals surface area (Å²) >= 11 is 0. The second kappa shape index (κ2) is 9.91. The van der Waals surface area contributed by atoms with Crippen molar-refractivity contribution in [2.75, 3.05) is 6.61 Å². The number of hydrogen-bond donors (Lipinski definition) is 4. The molecule has 194 valence electrons. The van der Waals surface area contributed by atoms with Gasteiger partial charge in [-0.2, -0.15) is 0 Å². The lowest BCUT2D eigenvalue weighted by Gasteiger charge is -2.57. The van der Waals surface area contributed by atoms with Gasteiger partial charge in [-0.15, -0.1) is 0 Å². The SMILES string of the molecule is C[C@]12CC[C@H]3[C@H](CCC4=C/C(=N\OCC(=O)N[C@@H](CCC(=O)O)C(=O)O)CC[C@@]43C)[C@@H]1CC[C@@H]2O. The minimum absolute atomic E-state index is 0.0711. The Kier molecular flexibility index (Phi) is 7.27. The molecule has 0 aromatic carbocycles. The van der Waals surface area contributed by atoms with Crippen molar-refractivity contribution < 1.29 is 34.5 Å². The monoisotopic (exact) mass is 490 g/mol. The topological polar surface area (TPSA) is 146 Å². The highest BCUT2D eigenvalue weighted by Crippen LogP contribution is 2.65. The molecule has 0 saturated heterocycles. The van der Waals surface area contributed by atoms with Crippen molar-refractivity contribution in [2.45, 2.75) is 90.2 Å². The van der Waals surface area contributed by atoms with Gasteiger partial charge in [0.05, 0.1) is 11.8 Å². The zero-order chi connectivity index (χ0) is 25.4. The maximum absolute atomic E-state index is 12.1. The Balaban J connectivity index is 1.35. The molecule has 0 aromatic heterocycles. The molecule has 0 radical (unpaired) electrons. The van der Waals surface area contributed by atoms with Crippen LogP contribution in [0.25, 0.3) is 0 Å². The lowest BCUT2D eigenvalue weighted by atomic mass is 9.47. The van der Waals surface area contributed by atoms with E-state index in [2.05, 4.69) is 30.4 Å². The van der Waals surface area contributed by atoms with Crippen LogP contribution in [0.2, 0.25) is 0 Å². The Morgan fingerprint density at radius 2 is 1.89 bits per heavy atom. The van der Waals surface area contributed by atoms with Crippen molar-refractivity contribution in [3.8, 4) is 0 Å². The Morgan fingerprint density at radius 1 is 1.11 bits per heavy atom. The second-order valence-electron chi connectivity index (χ2n) is 11.4. The molecule has 7 atom stereocenters. The van der Waals surface area contributed by atoms with Gasteiger partial charge in [-0.05, 0) is 92.4 Å². The summed E-state index contributed by atoms with van der Waals surface area (Å²) in [5, 5.41) is 35.0. The van der Waals surface area contributed by atoms with Crippen LogP contribution >= 0.6 is 0 Å². The molecule has 35 heavy (non-hydrogen) atoms. The number of carboxylic acids is 2. The summed E-state index contributed by atoms with van der Waals surface area (Å²) in [6.45, 7) is 4.26. The van der Waals surface area contributed by atoms with Gasteiger partial charge in [-0.1, -0.05) is 24.6 Å². The number of carboxylic acid groups (broad SMARTS) is 2. The van der Waals surface area contributed by atoms with Crippen molar-refractivity contribution >= 4 is 23.6 Å². The third-order valence-corrected chi connectivity index (χ3v) is 9.58. The van der Waals surface area contributed by atoms with Gasteiger partial charge in [0.25, 0.3) is 5.91 Å². The summed E-state index contributed by atoms with van der Waals surface area (Å²) in [6, 6.07) is -1.28. The highest BCUT2D eigenvalue weighted by Gasteiger charge is 2.58. The highest BCUT2D eigenvalue weighted by atomic mass is 16.6. The van der Waals surface area contributed by atoms with Gasteiger partial charge in [0.15, 0.2) is 6.61 Å². The zero-order valence-corrected chi connectivity index (χ0v) is 20.7. The van der Waals surface area contributed by atoms with Crippen molar-refractivity contribution in [2.24, 2.45) is 33.7 Å². The predicted octanol–water partition coefficient (Wildman–Crippen LogP) is 3.12. The van der Waals surface area contributed by atoms with Gasteiger partial charge in [-0.25, -0.2) is 4.79 Å². The molecule has 0 aliphatic heterocycles. The van der Waals surface area contributed by atoms with Crippen molar-refractivity contribution in [1.29, 1.82) is 0 Å². The Bertz CT molecular complexity index is 931. The van der Waals surface area contributed by atoms with Gasteiger partial charge in [-0.3, -0.25) is 9.59 Å². The molecule has 1 amide bonds. The van der Waals surface area contributed by atoms with Gasteiger partial charge >= 0.3 is 11.9 Å². The van der Waals surface area contributed by atoms with Crippen LogP contribution in [0.4, 0.5) is 0 Å². The molecule has 0 bridgehead atoms. The molecule has 3 fully saturated rings. The first-order valence-corrected chi connectivity index (χ1v) is 12.9. The fourth-order valence-electron chi connectivity index (χ4n) is 7.55. The third-order valence-electron chi connectivity index (χ3n) is 9.58. The summed E-state index contributed by atoms with van der Waals surface area (Å²) in [6.07, 6.45) is 9.61. The number of aliphatic hydroxyl groups excluding tert-OH is 1. The maximum atomic E-state index is 12.1. The summed E-state index contributed by atoms with van der Waals surface area (Å²) in [5.74, 6) is -1.16. The zero-order valence-electron chi connectivity index (χ0n) is 20.7. The van der Waals surface area contributed by atoms with E-state index in [4.69, 9.17) is 15.1 Å². The van der Waals surface area contributed by atoms with Crippen LogP contribution in [-0.4, -0.2) is 57.6 Å². The van der Waals surface area contributed by atoms with E-state index in [0.717, 1.165) is 57.1 Å². The van der Waals surface area contributed by atoms with E-state index in [9.17, 15) is 19.5 Å². The molecule has 0 spiro atoms. The maximum Gasteiger partial charge on any atom is 0.326 e. The standard InChI is InChI=1S/C26H38N2O7/c1-25-11-9-16(28-35-14-22(30)27-20(24(33)34)6-8-23(31)32)13-15(25)3-4-17-18-5-7-21(29)26(18,2)12-10-19(17)25/h13,17-21,29H,3-12,14H2,1-2H3,(H,27,30)(H,31,32)(H,33,34)/b28-16-/t17-,18+,19+,20+,21+,25+,26+/m1/s1. The van der Waals surface area contributed by atoms with Crippen LogP contribution in [0.5, 0.6) is 0 Å². The lowest BCUT2D eigenvalue weighted by Crippen LogP contribution is -2.51. The number of rotatable bonds is 8. The second-order valence-corrected chi connectivity index (χ2v) is 11.4. The number of aliphatic carboxylic acids is 2. The van der Waals surface area contributed by atoms with E-state index in [1.165, 1.54) is 5.57 Å². The van der Waals surface area contributed by atoms with Crippen molar-refractivity contribution in [1.82, 2.24) is 5.32 Å². The minimum atomic E-state index is -1.28. The summed E-state index contributed by atoms with van der Waals surface area (Å²) in [7, 11) is 0. The number of hydrogen-bond acceptors (Lipinski definition) is 6. The van der Waals surface area contributed by atoms with Crippen LogP contribution in [-0.2, 0) is 19.2 Å². The first-order valence-electron chi connectivity index (χ1n) is 12.9. The Morgan fingerprint density at radius 3 is 2.60 bits per heavy atom. The van der Waals surface area contributed by atoms with Crippen LogP contribution in [0, 0.1) is 28.6 Å². The summed E-state index contributed by atoms with van der Waals surface area (Å²) in [4.78, 5) is 39.2.